The average molecular weight is 378 g/mol. The first-order valence-electron chi connectivity index (χ1n) is 7.31. The van der Waals surface area contributed by atoms with Crippen LogP contribution in [0.5, 0.6) is 0 Å². The van der Waals surface area contributed by atoms with Crippen molar-refractivity contribution in [1.29, 1.82) is 0 Å². The highest BCUT2D eigenvalue weighted by molar-refractivity contribution is 6.42. The summed E-state index contributed by atoms with van der Waals surface area (Å²) in [5, 5.41) is 11.2. The number of anilines is 1. The Balaban J connectivity index is 1.84. The van der Waals surface area contributed by atoms with Gasteiger partial charge in [-0.1, -0.05) is 35.3 Å². The lowest BCUT2D eigenvalue weighted by Crippen LogP contribution is -2.20. The summed E-state index contributed by atoms with van der Waals surface area (Å²) in [4.78, 5) is 22.5. The maximum atomic E-state index is 11.7. The van der Waals surface area contributed by atoms with E-state index in [1.54, 1.807) is 12.1 Å². The van der Waals surface area contributed by atoms with Crippen molar-refractivity contribution in [2.75, 3.05) is 11.9 Å². The number of ether oxygens (including phenoxy) is 1. The Morgan fingerprint density at radius 2 is 1.84 bits per heavy atom. The van der Waals surface area contributed by atoms with Crippen molar-refractivity contribution in [1.82, 2.24) is 10.2 Å². The molecule has 2 N–H and O–H groups in total. The first-order valence-corrected chi connectivity index (χ1v) is 8.06. The van der Waals surface area contributed by atoms with Crippen molar-refractivity contribution in [3.05, 3.63) is 46.4 Å². The summed E-state index contributed by atoms with van der Waals surface area (Å²) in [5.74, 6) is -0.613. The standard InChI is InChI=1S/C17H13Cl2N3O3/c1-9(23)25-8-16(24)20-17-12-4-2-11(7-15(12)21-22-17)10-3-5-13(18)14(19)6-10/h2-7H,8H2,1H3,(H2,20,21,22,24). The van der Waals surface area contributed by atoms with Crippen molar-refractivity contribution < 1.29 is 14.3 Å². The summed E-state index contributed by atoms with van der Waals surface area (Å²) in [5.41, 5.74) is 2.57. The number of rotatable bonds is 4. The van der Waals surface area contributed by atoms with Crippen LogP contribution >= 0.6 is 23.2 Å². The molecular formula is C17H13Cl2N3O3. The molecule has 0 aliphatic rings. The summed E-state index contributed by atoms with van der Waals surface area (Å²) in [6, 6.07) is 11.0. The highest BCUT2D eigenvalue weighted by Gasteiger charge is 2.12. The van der Waals surface area contributed by atoms with Crippen molar-refractivity contribution in [3.8, 4) is 11.1 Å². The number of amides is 1. The number of carbonyl (C=O) groups is 2. The van der Waals surface area contributed by atoms with Crippen molar-refractivity contribution in [2.24, 2.45) is 0 Å². The Labute approximate surface area is 153 Å². The molecule has 128 valence electrons. The van der Waals surface area contributed by atoms with Gasteiger partial charge in [0.25, 0.3) is 5.91 Å². The van der Waals surface area contributed by atoms with Crippen LogP contribution in [0, 0.1) is 0 Å². The number of aromatic nitrogens is 2. The minimum Gasteiger partial charge on any atom is -0.456 e. The predicted octanol–water partition coefficient (Wildman–Crippen LogP) is 4.04. The second kappa shape index (κ2) is 7.13. The molecular weight excluding hydrogens is 365 g/mol. The van der Waals surface area contributed by atoms with E-state index in [9.17, 15) is 9.59 Å². The van der Waals surface area contributed by atoms with E-state index in [1.807, 2.05) is 24.3 Å². The highest BCUT2D eigenvalue weighted by Crippen LogP contribution is 2.31. The van der Waals surface area contributed by atoms with Crippen LogP contribution in [0.3, 0.4) is 0 Å². The largest absolute Gasteiger partial charge is 0.456 e. The van der Waals surface area contributed by atoms with E-state index in [0.29, 0.717) is 15.9 Å². The second-order valence-electron chi connectivity index (χ2n) is 5.29. The third-order valence-electron chi connectivity index (χ3n) is 3.48. The van der Waals surface area contributed by atoms with Gasteiger partial charge in [-0.05, 0) is 35.4 Å². The topological polar surface area (TPSA) is 84.1 Å². The second-order valence-corrected chi connectivity index (χ2v) is 6.10. The van der Waals surface area contributed by atoms with Crippen LogP contribution in [0.4, 0.5) is 5.82 Å². The maximum Gasteiger partial charge on any atom is 0.303 e. The molecule has 3 rings (SSSR count). The highest BCUT2D eigenvalue weighted by atomic mass is 35.5. The number of halogens is 2. The molecule has 0 atom stereocenters. The zero-order valence-electron chi connectivity index (χ0n) is 13.1. The predicted molar refractivity (Wildman–Crippen MR) is 96.8 cm³/mol. The number of carbonyl (C=O) groups excluding carboxylic acids is 2. The van der Waals surface area contributed by atoms with Crippen molar-refractivity contribution in [2.45, 2.75) is 6.92 Å². The normalized spacial score (nSPS) is 10.7. The number of hydrogen-bond acceptors (Lipinski definition) is 4. The molecule has 0 radical (unpaired) electrons. The third-order valence-corrected chi connectivity index (χ3v) is 4.22. The molecule has 0 saturated carbocycles. The van der Waals surface area contributed by atoms with Gasteiger partial charge in [-0.25, -0.2) is 0 Å². The number of nitrogens with one attached hydrogen (secondary N) is 2. The third kappa shape index (κ3) is 3.92. The van der Waals surface area contributed by atoms with Crippen molar-refractivity contribution in [3.63, 3.8) is 0 Å². The molecule has 2 aromatic carbocycles. The molecule has 0 saturated heterocycles. The summed E-state index contributed by atoms with van der Waals surface area (Å²) < 4.78 is 4.65. The fourth-order valence-corrected chi connectivity index (χ4v) is 2.60. The van der Waals surface area contributed by atoms with E-state index in [0.717, 1.165) is 22.0 Å². The molecule has 3 aromatic rings. The molecule has 0 spiro atoms. The van der Waals surface area contributed by atoms with E-state index in [1.165, 1.54) is 6.92 Å². The maximum absolute atomic E-state index is 11.7. The van der Waals surface area contributed by atoms with Gasteiger partial charge in [0.15, 0.2) is 12.4 Å². The monoisotopic (exact) mass is 377 g/mol. The van der Waals surface area contributed by atoms with E-state index in [4.69, 9.17) is 23.2 Å². The van der Waals surface area contributed by atoms with Gasteiger partial charge in [-0.3, -0.25) is 14.7 Å². The molecule has 1 heterocycles. The molecule has 0 aliphatic carbocycles. The van der Waals surface area contributed by atoms with Crippen LogP contribution in [0.1, 0.15) is 6.92 Å². The molecule has 25 heavy (non-hydrogen) atoms. The van der Waals surface area contributed by atoms with Crippen LogP contribution in [0.2, 0.25) is 10.0 Å². The SMILES string of the molecule is CC(=O)OCC(=O)Nc1n[nH]c2cc(-c3ccc(Cl)c(Cl)c3)ccc12. The Morgan fingerprint density at radius 1 is 1.12 bits per heavy atom. The van der Waals surface area contributed by atoms with Crippen LogP contribution < -0.4 is 5.32 Å². The first kappa shape index (κ1) is 17.3. The number of H-pyrrole nitrogens is 1. The number of aromatic amines is 1. The molecule has 0 bridgehead atoms. The Hall–Kier alpha value is -2.57. The first-order chi connectivity index (χ1) is 11.9. The zero-order chi connectivity index (χ0) is 18.0. The zero-order valence-corrected chi connectivity index (χ0v) is 14.6. The minimum atomic E-state index is -0.520. The Bertz CT molecular complexity index is 969. The van der Waals surface area contributed by atoms with Gasteiger partial charge in [0.05, 0.1) is 15.6 Å². The quantitative estimate of drug-likeness (QED) is 0.672. The number of esters is 1. The number of fused-ring (bicyclic) bond motifs is 1. The minimum absolute atomic E-state index is 0.356. The van der Waals surface area contributed by atoms with Gasteiger partial charge in [-0.2, -0.15) is 5.10 Å². The van der Waals surface area contributed by atoms with Crippen LogP contribution in [0.25, 0.3) is 22.0 Å². The van der Waals surface area contributed by atoms with E-state index >= 15 is 0 Å². The van der Waals surface area contributed by atoms with Gasteiger partial charge in [0.2, 0.25) is 0 Å². The van der Waals surface area contributed by atoms with E-state index < -0.39 is 11.9 Å². The molecule has 1 aromatic heterocycles. The summed E-state index contributed by atoms with van der Waals surface area (Å²) in [7, 11) is 0. The van der Waals surface area contributed by atoms with Crippen molar-refractivity contribution >= 4 is 51.8 Å². The average Bonchev–Trinajstić information content (AvgIpc) is 2.97. The Kier molecular flexibility index (Phi) is 4.92. The van der Waals surface area contributed by atoms with Crippen LogP contribution in [0.15, 0.2) is 36.4 Å². The lowest BCUT2D eigenvalue weighted by Gasteiger charge is -2.05. The van der Waals surface area contributed by atoms with Crippen LogP contribution in [-0.2, 0) is 14.3 Å². The van der Waals surface area contributed by atoms with Gasteiger partial charge in [-0.15, -0.1) is 0 Å². The fraction of sp³-hybridized carbons (Fsp3) is 0.118. The van der Waals surface area contributed by atoms with Gasteiger partial charge < -0.3 is 10.1 Å². The molecule has 8 heteroatoms. The van der Waals surface area contributed by atoms with E-state index in [2.05, 4.69) is 20.3 Å². The molecule has 6 nitrogen and oxygen atoms in total. The molecule has 0 fully saturated rings. The molecule has 1 amide bonds. The molecule has 0 unspecified atom stereocenters. The van der Waals surface area contributed by atoms with E-state index in [-0.39, 0.29) is 6.61 Å². The van der Waals surface area contributed by atoms with Crippen LogP contribution in [-0.4, -0.2) is 28.7 Å². The summed E-state index contributed by atoms with van der Waals surface area (Å²) in [6.45, 7) is 0.882. The lowest BCUT2D eigenvalue weighted by atomic mass is 10.0. The summed E-state index contributed by atoms with van der Waals surface area (Å²) >= 11 is 12.0. The summed E-state index contributed by atoms with van der Waals surface area (Å²) in [6.07, 6.45) is 0. The lowest BCUT2D eigenvalue weighted by molar-refractivity contribution is -0.144. The fourth-order valence-electron chi connectivity index (χ4n) is 2.31. The van der Waals surface area contributed by atoms with Gasteiger partial charge >= 0.3 is 5.97 Å². The number of nitrogens with zero attached hydrogens (tertiary/aromatic N) is 1. The number of hydrogen-bond donors (Lipinski definition) is 2. The Morgan fingerprint density at radius 3 is 2.56 bits per heavy atom. The molecule has 0 aliphatic heterocycles. The van der Waals surface area contributed by atoms with Gasteiger partial charge in [0, 0.05) is 12.3 Å². The van der Waals surface area contributed by atoms with Gasteiger partial charge in [0.1, 0.15) is 0 Å². The number of benzene rings is 2. The smallest absolute Gasteiger partial charge is 0.303 e.